The fraction of sp³-hybridized carbons (Fsp3) is 0.405. The van der Waals surface area contributed by atoms with Gasteiger partial charge < -0.3 is 34.3 Å². The maximum absolute atomic E-state index is 16.0. The van der Waals surface area contributed by atoms with E-state index in [0.29, 0.717) is 23.4 Å². The lowest BCUT2D eigenvalue weighted by Crippen LogP contribution is -2.60. The topological polar surface area (TPSA) is 192 Å². The van der Waals surface area contributed by atoms with Gasteiger partial charge in [0.05, 0.1) is 52.9 Å². The van der Waals surface area contributed by atoms with E-state index < -0.39 is 78.9 Å². The van der Waals surface area contributed by atoms with Gasteiger partial charge in [-0.15, -0.1) is 0 Å². The Kier molecular flexibility index (Phi) is 10.6. The van der Waals surface area contributed by atoms with Crippen molar-refractivity contribution in [2.45, 2.75) is 81.9 Å². The lowest BCUT2D eigenvalue weighted by Gasteiger charge is -2.38. The van der Waals surface area contributed by atoms with Crippen molar-refractivity contribution < 1.29 is 59.1 Å². The van der Waals surface area contributed by atoms with Crippen LogP contribution in [0.2, 0.25) is 0 Å². The van der Waals surface area contributed by atoms with E-state index >= 15 is 4.39 Å². The minimum Gasteiger partial charge on any atom is -0.444 e. The lowest BCUT2D eigenvalue weighted by molar-refractivity contribution is -0.137. The van der Waals surface area contributed by atoms with Crippen LogP contribution in [-0.4, -0.2) is 77.8 Å². The number of fused-ring (bicyclic) bond motifs is 1. The fourth-order valence-electron chi connectivity index (χ4n) is 5.86. The van der Waals surface area contributed by atoms with Crippen molar-refractivity contribution in [3.63, 3.8) is 0 Å². The van der Waals surface area contributed by atoms with Crippen LogP contribution in [0, 0.1) is 5.82 Å². The number of anilines is 1. The summed E-state index contributed by atoms with van der Waals surface area (Å²) in [5, 5.41) is 8.87. The van der Waals surface area contributed by atoms with Crippen molar-refractivity contribution in [2.24, 2.45) is 0 Å². The Morgan fingerprint density at radius 2 is 1.61 bits per heavy atom. The number of aromatic nitrogens is 3. The third kappa shape index (κ3) is 9.17. The number of ether oxygens (including phenoxy) is 3. The number of amides is 3. The smallest absolute Gasteiger partial charge is 0.417 e. The predicted octanol–water partition coefficient (Wildman–Crippen LogP) is 5.92. The highest BCUT2D eigenvalue weighted by Gasteiger charge is 2.48. The van der Waals surface area contributed by atoms with Crippen LogP contribution >= 0.6 is 0 Å². The zero-order chi connectivity index (χ0) is 41.7. The first kappa shape index (κ1) is 41.0. The minimum absolute atomic E-state index is 0.0825. The number of hydrogen-bond donors (Lipinski definition) is 2. The zero-order valence-corrected chi connectivity index (χ0v) is 32.3. The van der Waals surface area contributed by atoms with Gasteiger partial charge in [-0.1, -0.05) is 29.4 Å². The first-order valence-corrected chi connectivity index (χ1v) is 19.0. The van der Waals surface area contributed by atoms with Gasteiger partial charge in [0.25, 0.3) is 11.8 Å². The Morgan fingerprint density at radius 1 is 0.965 bits per heavy atom. The summed E-state index contributed by atoms with van der Waals surface area (Å²) in [5.41, 5.74) is -3.64. The van der Waals surface area contributed by atoms with E-state index in [1.165, 1.54) is 6.07 Å². The van der Waals surface area contributed by atoms with Crippen molar-refractivity contribution in [1.29, 1.82) is 0 Å². The Hall–Kier alpha value is -5.63. The molecule has 2 aromatic carbocycles. The number of nitrogens with zero attached hydrogens (tertiary/aromatic N) is 4. The van der Waals surface area contributed by atoms with Gasteiger partial charge in [-0.05, 0) is 71.4 Å². The summed E-state index contributed by atoms with van der Waals surface area (Å²) < 4.78 is 104. The van der Waals surface area contributed by atoms with Crippen molar-refractivity contribution in [3.8, 4) is 22.6 Å². The van der Waals surface area contributed by atoms with Crippen LogP contribution in [0.4, 0.5) is 32.8 Å². The van der Waals surface area contributed by atoms with E-state index in [1.54, 1.807) is 65.8 Å². The second-order valence-electron chi connectivity index (χ2n) is 15.5. The minimum atomic E-state index is -4.57. The molecule has 0 bridgehead atoms. The first-order chi connectivity index (χ1) is 26.4. The molecule has 0 spiro atoms. The largest absolute Gasteiger partial charge is 0.444 e. The van der Waals surface area contributed by atoms with Crippen molar-refractivity contribution >= 4 is 33.6 Å². The van der Waals surface area contributed by atoms with Gasteiger partial charge in [0.1, 0.15) is 23.1 Å². The first-order valence-electron chi connectivity index (χ1n) is 17.4. The number of benzene rings is 2. The molecule has 6 rings (SSSR count). The van der Waals surface area contributed by atoms with Crippen LogP contribution in [0.1, 0.15) is 58.6 Å². The Labute approximate surface area is 324 Å². The van der Waals surface area contributed by atoms with Crippen LogP contribution < -0.4 is 15.5 Å². The summed E-state index contributed by atoms with van der Waals surface area (Å²) in [5.74, 6) is -3.45. The molecule has 1 atom stereocenters. The van der Waals surface area contributed by atoms with E-state index in [-0.39, 0.29) is 48.4 Å². The molecule has 4 aromatic rings. The number of carbonyl (C=O) groups excluding carboxylic acids is 3. The maximum atomic E-state index is 16.0. The van der Waals surface area contributed by atoms with E-state index in [4.69, 9.17) is 18.7 Å². The van der Waals surface area contributed by atoms with Gasteiger partial charge in [-0.3, -0.25) is 9.78 Å². The Morgan fingerprint density at radius 3 is 2.18 bits per heavy atom. The van der Waals surface area contributed by atoms with Crippen LogP contribution in [0.25, 0.3) is 22.6 Å². The van der Waals surface area contributed by atoms with E-state index in [0.717, 1.165) is 17.0 Å². The number of rotatable bonds is 7. The van der Waals surface area contributed by atoms with Gasteiger partial charge in [0.2, 0.25) is 5.82 Å². The number of carbonyl (C=O) groups is 3. The van der Waals surface area contributed by atoms with Gasteiger partial charge in [0, 0.05) is 11.8 Å². The summed E-state index contributed by atoms with van der Waals surface area (Å²) in [6.45, 7) is 9.24. The molecule has 15 nitrogen and oxygen atoms in total. The van der Waals surface area contributed by atoms with Gasteiger partial charge in [0.15, 0.2) is 15.4 Å². The summed E-state index contributed by atoms with van der Waals surface area (Å²) in [7, 11) is -4.50. The standard InChI is InChI=1S/C37H38F4N6O9S/c1-34(2,3)54-32(49)43-26-17-57(51,52)28-14-24(38)23(29-44-31(56-46-29)36(18-53-19-36)45-33(50)55-35(4,5)6)13-27(28)47(30(26)48)16-20-7-9-21(10-8-20)25-12-11-22(15-42-25)37(39,40)41/h7-15,26H,16-19H2,1-6H3,(H,43,49)(H,45,50)/t26-/m0/s1. The van der Waals surface area contributed by atoms with Crippen LogP contribution in [0.3, 0.4) is 0 Å². The predicted molar refractivity (Wildman–Crippen MR) is 193 cm³/mol. The average Bonchev–Trinajstić information content (AvgIpc) is 3.54. The number of pyridine rings is 1. The highest BCUT2D eigenvalue weighted by molar-refractivity contribution is 7.91. The third-order valence-electron chi connectivity index (χ3n) is 8.51. The van der Waals surface area contributed by atoms with Gasteiger partial charge in [-0.25, -0.2) is 22.4 Å². The molecule has 3 amide bonds. The molecule has 4 heterocycles. The average molecular weight is 819 g/mol. The van der Waals surface area contributed by atoms with E-state index in [1.807, 2.05) is 0 Å². The number of alkyl halides is 3. The molecule has 20 heteroatoms. The molecule has 57 heavy (non-hydrogen) atoms. The molecule has 2 aliphatic rings. The lowest BCUT2D eigenvalue weighted by atomic mass is 9.97. The number of sulfone groups is 1. The summed E-state index contributed by atoms with van der Waals surface area (Å²) >= 11 is 0. The van der Waals surface area contributed by atoms with Crippen molar-refractivity contribution in [1.82, 2.24) is 25.8 Å². The number of alkyl carbamates (subject to hydrolysis) is 2. The summed E-state index contributed by atoms with van der Waals surface area (Å²) in [6.07, 6.45) is -5.75. The molecule has 0 saturated carbocycles. The third-order valence-corrected chi connectivity index (χ3v) is 10.3. The van der Waals surface area contributed by atoms with Crippen LogP contribution in [-0.2, 0) is 47.1 Å². The molecule has 1 fully saturated rings. The second kappa shape index (κ2) is 14.7. The SMILES string of the molecule is CC(C)(C)OC(=O)N[C@H]1CS(=O)(=O)c2cc(F)c(-c3noc(C4(NC(=O)OC(C)(C)C)COC4)n3)cc2N(Cc2ccc(-c3ccc(C(F)(F)F)cn3)cc2)C1=O. The van der Waals surface area contributed by atoms with Gasteiger partial charge >= 0.3 is 18.4 Å². The van der Waals surface area contributed by atoms with Crippen molar-refractivity contribution in [3.05, 3.63) is 77.6 Å². The summed E-state index contributed by atoms with van der Waals surface area (Å²) in [4.78, 5) is 48.4. The number of halogens is 4. The second-order valence-corrected chi connectivity index (χ2v) is 17.5. The normalized spacial score (nSPS) is 17.8. The van der Waals surface area contributed by atoms with Crippen LogP contribution in [0.15, 0.2) is 64.1 Å². The molecule has 0 radical (unpaired) electrons. The quantitative estimate of drug-likeness (QED) is 0.210. The molecular formula is C37H38F4N6O9S. The molecule has 2 N–H and O–H groups in total. The van der Waals surface area contributed by atoms with Crippen molar-refractivity contribution in [2.75, 3.05) is 23.9 Å². The van der Waals surface area contributed by atoms with E-state index in [9.17, 15) is 36.0 Å². The van der Waals surface area contributed by atoms with Crippen LogP contribution in [0.5, 0.6) is 0 Å². The fourth-order valence-corrected chi connectivity index (χ4v) is 7.47. The molecule has 2 aromatic heterocycles. The molecule has 1 saturated heterocycles. The molecular weight excluding hydrogens is 780 g/mol. The molecule has 0 unspecified atom stereocenters. The highest BCUT2D eigenvalue weighted by atomic mass is 32.2. The summed E-state index contributed by atoms with van der Waals surface area (Å²) in [6, 6.07) is 8.37. The number of hydrogen-bond acceptors (Lipinski definition) is 12. The molecule has 304 valence electrons. The Bertz CT molecular complexity index is 2300. The maximum Gasteiger partial charge on any atom is 0.417 e. The van der Waals surface area contributed by atoms with E-state index in [2.05, 4.69) is 25.8 Å². The molecule has 0 aliphatic carbocycles. The highest BCUT2D eigenvalue weighted by Crippen LogP contribution is 2.38. The number of nitrogens with one attached hydrogen (secondary N) is 2. The zero-order valence-electron chi connectivity index (χ0n) is 31.5. The van der Waals surface area contributed by atoms with Gasteiger partial charge in [-0.2, -0.15) is 18.2 Å². The molecule has 2 aliphatic heterocycles. The monoisotopic (exact) mass is 818 g/mol. The Balaban J connectivity index is 1.38.